The first-order valence-electron chi connectivity index (χ1n) is 7.04. The molecule has 0 bridgehead atoms. The molecule has 6 nitrogen and oxygen atoms in total. The highest BCUT2D eigenvalue weighted by Gasteiger charge is 2.33. The van der Waals surface area contributed by atoms with Gasteiger partial charge in [-0.1, -0.05) is 29.8 Å². The van der Waals surface area contributed by atoms with E-state index in [4.69, 9.17) is 11.6 Å². The summed E-state index contributed by atoms with van der Waals surface area (Å²) in [5.41, 5.74) is 0.604. The number of aliphatic hydroxyl groups excluding tert-OH is 1. The molecule has 2 rings (SSSR count). The minimum absolute atomic E-state index is 0.0441. The summed E-state index contributed by atoms with van der Waals surface area (Å²) in [5, 5.41) is 13.6. The lowest BCUT2D eigenvalue weighted by atomic mass is 10.0. The van der Waals surface area contributed by atoms with E-state index in [1.165, 1.54) is 7.11 Å². The zero-order valence-electron chi connectivity index (χ0n) is 12.3. The Kier molecular flexibility index (Phi) is 5.76. The topological polar surface area (TPSA) is 78.9 Å². The summed E-state index contributed by atoms with van der Waals surface area (Å²) < 4.78 is 4.63. The first kappa shape index (κ1) is 16.7. The largest absolute Gasteiger partial charge is 0.469 e. The fraction of sp³-hybridized carbons (Fsp3) is 0.467. The minimum Gasteiger partial charge on any atom is -0.469 e. The van der Waals surface area contributed by atoms with Crippen molar-refractivity contribution in [1.29, 1.82) is 0 Å². The molecule has 0 radical (unpaired) electrons. The van der Waals surface area contributed by atoms with Crippen LogP contribution in [0.2, 0.25) is 5.02 Å². The molecule has 1 heterocycles. The van der Waals surface area contributed by atoms with Gasteiger partial charge in [0, 0.05) is 30.2 Å². The Morgan fingerprint density at radius 1 is 1.55 bits per heavy atom. The Bertz CT molecular complexity index is 552. The number of aliphatic hydroxyl groups is 1. The lowest BCUT2D eigenvalue weighted by molar-refractivity contribution is -0.146. The van der Waals surface area contributed by atoms with Gasteiger partial charge in [-0.05, 0) is 6.07 Å². The van der Waals surface area contributed by atoms with Crippen LogP contribution in [0.25, 0.3) is 0 Å². The molecule has 1 saturated heterocycles. The van der Waals surface area contributed by atoms with Crippen molar-refractivity contribution in [3.63, 3.8) is 0 Å². The number of piperazine rings is 1. The molecule has 1 aromatic rings. The average Bonchev–Trinajstić information content (AvgIpc) is 2.50. The maximum absolute atomic E-state index is 12.0. The second kappa shape index (κ2) is 7.58. The molecule has 1 fully saturated rings. The van der Waals surface area contributed by atoms with E-state index in [9.17, 15) is 14.7 Å². The van der Waals surface area contributed by atoms with Gasteiger partial charge in [0.15, 0.2) is 0 Å². The molecule has 2 N–H and O–H groups in total. The van der Waals surface area contributed by atoms with Crippen molar-refractivity contribution in [3.8, 4) is 0 Å². The fourth-order valence-corrected chi connectivity index (χ4v) is 2.77. The van der Waals surface area contributed by atoms with Crippen LogP contribution in [0.15, 0.2) is 24.3 Å². The van der Waals surface area contributed by atoms with Crippen molar-refractivity contribution in [1.82, 2.24) is 10.2 Å². The number of nitrogens with zero attached hydrogens (tertiary/aromatic N) is 1. The molecule has 1 aliphatic heterocycles. The van der Waals surface area contributed by atoms with Crippen molar-refractivity contribution in [2.24, 2.45) is 0 Å². The highest BCUT2D eigenvalue weighted by Crippen LogP contribution is 2.24. The van der Waals surface area contributed by atoms with Gasteiger partial charge in [-0.3, -0.25) is 14.5 Å². The summed E-state index contributed by atoms with van der Waals surface area (Å²) in [6.07, 6.45) is -0.878. The number of nitrogens with one attached hydrogen (secondary N) is 1. The molecule has 1 aromatic carbocycles. The van der Waals surface area contributed by atoms with Crippen molar-refractivity contribution in [2.45, 2.75) is 18.6 Å². The quantitative estimate of drug-likeness (QED) is 0.780. The Morgan fingerprint density at radius 2 is 2.27 bits per heavy atom. The third-order valence-corrected chi connectivity index (χ3v) is 4.05. The normalized spacial score (nSPS) is 20.3. The molecule has 0 spiro atoms. The summed E-state index contributed by atoms with van der Waals surface area (Å²) in [5.74, 6) is -0.692. The van der Waals surface area contributed by atoms with Crippen LogP contribution in [-0.4, -0.2) is 54.7 Å². The molecule has 0 unspecified atom stereocenters. The van der Waals surface area contributed by atoms with E-state index in [-0.39, 0.29) is 18.9 Å². The average molecular weight is 327 g/mol. The molecule has 0 saturated carbocycles. The number of hydrogen-bond acceptors (Lipinski definition) is 5. The number of benzene rings is 1. The van der Waals surface area contributed by atoms with Gasteiger partial charge in [0.05, 0.1) is 25.7 Å². The van der Waals surface area contributed by atoms with Gasteiger partial charge in [0.25, 0.3) is 0 Å². The molecule has 22 heavy (non-hydrogen) atoms. The van der Waals surface area contributed by atoms with Crippen molar-refractivity contribution >= 4 is 23.5 Å². The zero-order chi connectivity index (χ0) is 16.1. The number of rotatable bonds is 5. The lowest BCUT2D eigenvalue weighted by Gasteiger charge is -2.35. The molecule has 1 aliphatic rings. The van der Waals surface area contributed by atoms with Crippen LogP contribution in [-0.2, 0) is 14.3 Å². The molecule has 2 atom stereocenters. The summed E-state index contributed by atoms with van der Waals surface area (Å²) in [6.45, 7) is 1.25. The van der Waals surface area contributed by atoms with Crippen LogP contribution in [0.4, 0.5) is 0 Å². The van der Waals surface area contributed by atoms with E-state index in [0.717, 1.165) is 0 Å². The number of halogens is 1. The Balaban J connectivity index is 2.09. The molecule has 7 heteroatoms. The Morgan fingerprint density at radius 3 is 2.95 bits per heavy atom. The van der Waals surface area contributed by atoms with Crippen LogP contribution < -0.4 is 5.32 Å². The molecule has 120 valence electrons. The Labute approximate surface area is 134 Å². The zero-order valence-corrected chi connectivity index (χ0v) is 13.0. The predicted octanol–water partition coefficient (Wildman–Crippen LogP) is 0.737. The maximum Gasteiger partial charge on any atom is 0.307 e. The third-order valence-electron chi connectivity index (χ3n) is 3.70. The molecular formula is C15H19ClN2O4. The van der Waals surface area contributed by atoms with Crippen molar-refractivity contribution < 1.29 is 19.4 Å². The molecule has 0 aliphatic carbocycles. The first-order chi connectivity index (χ1) is 10.5. The number of carbonyl (C=O) groups is 2. The summed E-state index contributed by atoms with van der Waals surface area (Å²) in [7, 11) is 1.28. The van der Waals surface area contributed by atoms with Crippen LogP contribution >= 0.6 is 11.6 Å². The van der Waals surface area contributed by atoms with Crippen LogP contribution in [0.1, 0.15) is 18.1 Å². The number of methoxy groups -OCH3 is 1. The molecule has 0 aromatic heterocycles. The van der Waals surface area contributed by atoms with Gasteiger partial charge in [-0.15, -0.1) is 0 Å². The van der Waals surface area contributed by atoms with Crippen LogP contribution in [0.5, 0.6) is 0 Å². The highest BCUT2D eigenvalue weighted by molar-refractivity contribution is 6.31. The minimum atomic E-state index is -0.834. The van der Waals surface area contributed by atoms with E-state index in [0.29, 0.717) is 23.7 Å². The van der Waals surface area contributed by atoms with Crippen molar-refractivity contribution in [2.75, 3.05) is 26.7 Å². The second-order valence-corrected chi connectivity index (χ2v) is 5.53. The number of esters is 1. The van der Waals surface area contributed by atoms with E-state index in [2.05, 4.69) is 10.1 Å². The fourth-order valence-electron chi connectivity index (χ4n) is 2.51. The smallest absolute Gasteiger partial charge is 0.307 e. The van der Waals surface area contributed by atoms with Gasteiger partial charge < -0.3 is 15.2 Å². The second-order valence-electron chi connectivity index (χ2n) is 5.12. The highest BCUT2D eigenvalue weighted by atomic mass is 35.5. The van der Waals surface area contributed by atoms with Gasteiger partial charge in [-0.25, -0.2) is 0 Å². The Hall–Kier alpha value is -1.63. The number of hydrogen-bond donors (Lipinski definition) is 2. The van der Waals surface area contributed by atoms with Gasteiger partial charge in [0.1, 0.15) is 0 Å². The lowest BCUT2D eigenvalue weighted by Crippen LogP contribution is -2.56. The van der Waals surface area contributed by atoms with Gasteiger partial charge in [-0.2, -0.15) is 0 Å². The maximum atomic E-state index is 12.0. The van der Waals surface area contributed by atoms with Crippen molar-refractivity contribution in [3.05, 3.63) is 34.9 Å². The first-order valence-corrected chi connectivity index (χ1v) is 7.41. The van der Waals surface area contributed by atoms with Crippen LogP contribution in [0.3, 0.4) is 0 Å². The number of β-amino-alcohol motifs (C(OH)–C–C–N with tert-alkyl or cyclic N) is 1. The summed E-state index contributed by atoms with van der Waals surface area (Å²) in [4.78, 5) is 25.2. The van der Waals surface area contributed by atoms with E-state index in [1.54, 1.807) is 29.2 Å². The SMILES string of the molecule is COC(=O)C[C@H]1C(=O)NCCN1C[C@@H](O)c1ccccc1Cl. The van der Waals surface area contributed by atoms with E-state index < -0.39 is 18.1 Å². The standard InChI is InChI=1S/C15H19ClN2O4/c1-22-14(20)8-12-15(21)17-6-7-18(12)9-13(19)10-4-2-3-5-11(10)16/h2-5,12-13,19H,6-9H2,1H3,(H,17,21)/t12-,13+/m0/s1. The van der Waals surface area contributed by atoms with Crippen LogP contribution in [0, 0.1) is 0 Å². The van der Waals surface area contributed by atoms with Gasteiger partial charge in [0.2, 0.25) is 5.91 Å². The third kappa shape index (κ3) is 3.97. The van der Waals surface area contributed by atoms with Gasteiger partial charge >= 0.3 is 5.97 Å². The molecular weight excluding hydrogens is 308 g/mol. The number of amides is 1. The van der Waals surface area contributed by atoms with E-state index in [1.807, 2.05) is 0 Å². The van der Waals surface area contributed by atoms with E-state index >= 15 is 0 Å². The predicted molar refractivity (Wildman–Crippen MR) is 81.4 cm³/mol. The monoisotopic (exact) mass is 326 g/mol. The number of ether oxygens (including phenoxy) is 1. The summed E-state index contributed by atoms with van der Waals surface area (Å²) >= 11 is 6.08. The number of carbonyl (C=O) groups excluding carboxylic acids is 2. The summed E-state index contributed by atoms with van der Waals surface area (Å²) in [6, 6.07) is 6.38. The molecule has 1 amide bonds.